The number of imidazole rings is 1. The highest BCUT2D eigenvalue weighted by atomic mass is 16.2. The number of aromatic nitrogens is 4. The number of carbonyl (C=O) groups is 1. The van der Waals surface area contributed by atoms with Gasteiger partial charge in [-0.15, -0.1) is 0 Å². The summed E-state index contributed by atoms with van der Waals surface area (Å²) in [5.41, 5.74) is 2.76. The molecule has 1 atom stereocenters. The molecule has 1 aliphatic rings. The normalized spacial score (nSPS) is 17.7. The molecule has 0 aliphatic carbocycles. The van der Waals surface area contributed by atoms with Crippen molar-refractivity contribution >= 4 is 22.6 Å². The first-order valence-corrected chi connectivity index (χ1v) is 9.37. The molecular formula is C21H21N5O. The third-order valence-electron chi connectivity index (χ3n) is 5.52. The molecule has 5 rings (SSSR count). The number of benzene rings is 1. The summed E-state index contributed by atoms with van der Waals surface area (Å²) < 4.78 is 3.92. The van der Waals surface area contributed by atoms with Gasteiger partial charge >= 0.3 is 0 Å². The summed E-state index contributed by atoms with van der Waals surface area (Å²) in [6.45, 7) is 0.758. The minimum atomic E-state index is -0.00748. The van der Waals surface area contributed by atoms with Crippen molar-refractivity contribution in [2.24, 2.45) is 7.05 Å². The Kier molecular flexibility index (Phi) is 3.70. The molecule has 1 amide bonds. The Bertz CT molecular complexity index is 1140. The van der Waals surface area contributed by atoms with E-state index in [-0.39, 0.29) is 11.9 Å². The van der Waals surface area contributed by atoms with Crippen molar-refractivity contribution in [1.82, 2.24) is 23.8 Å². The van der Waals surface area contributed by atoms with Crippen LogP contribution in [0, 0.1) is 0 Å². The molecule has 6 nitrogen and oxygen atoms in total. The lowest BCUT2D eigenvalue weighted by Gasteiger charge is -2.35. The van der Waals surface area contributed by atoms with Gasteiger partial charge in [-0.3, -0.25) is 9.20 Å². The largest absolute Gasteiger partial charge is 0.350 e. The predicted molar refractivity (Wildman–Crippen MR) is 104 cm³/mol. The molecule has 0 N–H and O–H groups in total. The SMILES string of the molecule is Cn1cc(C(=O)N2CCCCC2c2ccn3ccnc3n2)c2ccccc21. The Morgan fingerprint density at radius 2 is 2.04 bits per heavy atom. The highest BCUT2D eigenvalue weighted by molar-refractivity contribution is 6.07. The van der Waals surface area contributed by atoms with E-state index in [0.717, 1.165) is 48.0 Å². The Morgan fingerprint density at radius 3 is 2.96 bits per heavy atom. The fraction of sp³-hybridized carbons (Fsp3) is 0.286. The first kappa shape index (κ1) is 16.1. The third kappa shape index (κ3) is 2.60. The lowest BCUT2D eigenvalue weighted by molar-refractivity contribution is 0.0608. The second-order valence-electron chi connectivity index (χ2n) is 7.17. The van der Waals surface area contributed by atoms with Crippen molar-refractivity contribution in [3.63, 3.8) is 0 Å². The van der Waals surface area contributed by atoms with Crippen molar-refractivity contribution < 1.29 is 4.79 Å². The number of aryl methyl sites for hydroxylation is 1. The van der Waals surface area contributed by atoms with Gasteiger partial charge in [0.1, 0.15) is 0 Å². The van der Waals surface area contributed by atoms with Gasteiger partial charge in [-0.2, -0.15) is 0 Å². The van der Waals surface area contributed by atoms with Gasteiger partial charge in [0, 0.05) is 49.3 Å². The number of nitrogens with zero attached hydrogens (tertiary/aromatic N) is 5. The molecule has 1 unspecified atom stereocenters. The van der Waals surface area contributed by atoms with Gasteiger partial charge < -0.3 is 9.47 Å². The summed E-state index contributed by atoms with van der Waals surface area (Å²) in [6.07, 6.45) is 10.6. The summed E-state index contributed by atoms with van der Waals surface area (Å²) in [6, 6.07) is 10.1. The van der Waals surface area contributed by atoms with Crippen LogP contribution in [0.4, 0.5) is 0 Å². The molecular weight excluding hydrogens is 338 g/mol. The topological polar surface area (TPSA) is 55.4 Å². The van der Waals surface area contributed by atoms with Crippen LogP contribution in [0.2, 0.25) is 0 Å². The number of likely N-dealkylation sites (tertiary alicyclic amines) is 1. The fourth-order valence-corrected chi connectivity index (χ4v) is 4.15. The van der Waals surface area contributed by atoms with Gasteiger partial charge in [-0.1, -0.05) is 18.2 Å². The van der Waals surface area contributed by atoms with E-state index in [1.54, 1.807) is 6.20 Å². The molecule has 136 valence electrons. The van der Waals surface area contributed by atoms with Crippen molar-refractivity contribution in [1.29, 1.82) is 0 Å². The van der Waals surface area contributed by atoms with Gasteiger partial charge in [-0.05, 0) is 31.4 Å². The minimum absolute atomic E-state index is 0.00748. The van der Waals surface area contributed by atoms with E-state index in [2.05, 4.69) is 4.98 Å². The number of piperidine rings is 1. The molecule has 0 spiro atoms. The molecule has 1 aromatic carbocycles. The zero-order chi connectivity index (χ0) is 18.4. The lowest BCUT2D eigenvalue weighted by atomic mass is 9.98. The number of hydrogen-bond acceptors (Lipinski definition) is 3. The Balaban J connectivity index is 1.55. The number of para-hydroxylation sites is 1. The second kappa shape index (κ2) is 6.23. The molecule has 4 heterocycles. The average molecular weight is 359 g/mol. The van der Waals surface area contributed by atoms with Gasteiger partial charge in [0.05, 0.1) is 17.3 Å². The van der Waals surface area contributed by atoms with Crippen LogP contribution in [0.1, 0.15) is 41.4 Å². The molecule has 0 bridgehead atoms. The van der Waals surface area contributed by atoms with Crippen molar-refractivity contribution in [3.8, 4) is 0 Å². The lowest BCUT2D eigenvalue weighted by Crippen LogP contribution is -2.38. The van der Waals surface area contributed by atoms with Crippen LogP contribution in [0.15, 0.2) is 55.1 Å². The van der Waals surface area contributed by atoms with Crippen LogP contribution in [0.25, 0.3) is 16.7 Å². The van der Waals surface area contributed by atoms with Crippen LogP contribution in [0.5, 0.6) is 0 Å². The Morgan fingerprint density at radius 1 is 1.15 bits per heavy atom. The van der Waals surface area contributed by atoms with Crippen molar-refractivity contribution in [2.75, 3.05) is 6.54 Å². The number of rotatable bonds is 2. The van der Waals surface area contributed by atoms with Crippen molar-refractivity contribution in [2.45, 2.75) is 25.3 Å². The molecule has 1 aliphatic heterocycles. The maximum absolute atomic E-state index is 13.5. The highest BCUT2D eigenvalue weighted by Crippen LogP contribution is 2.33. The first-order chi connectivity index (χ1) is 13.2. The summed E-state index contributed by atoms with van der Waals surface area (Å²) in [5.74, 6) is 0.761. The van der Waals surface area contributed by atoms with Crippen LogP contribution in [-0.4, -0.2) is 36.3 Å². The molecule has 27 heavy (non-hydrogen) atoms. The summed E-state index contributed by atoms with van der Waals surface area (Å²) in [7, 11) is 1.99. The second-order valence-corrected chi connectivity index (χ2v) is 7.17. The monoisotopic (exact) mass is 359 g/mol. The molecule has 6 heteroatoms. The molecule has 0 radical (unpaired) electrons. The van der Waals surface area contributed by atoms with Crippen LogP contribution >= 0.6 is 0 Å². The number of amides is 1. The number of hydrogen-bond donors (Lipinski definition) is 0. The standard InChI is InChI=1S/C21H21N5O/c1-24-14-16(15-6-2-3-7-18(15)24)20(27)26-11-5-4-8-19(26)17-9-12-25-13-10-22-21(25)23-17/h2-3,6-7,9-10,12-14,19H,4-5,8,11H2,1H3. The molecule has 0 saturated carbocycles. The Hall–Kier alpha value is -3.15. The first-order valence-electron chi connectivity index (χ1n) is 9.37. The number of carbonyl (C=O) groups excluding carboxylic acids is 1. The van der Waals surface area contributed by atoms with E-state index in [1.165, 1.54) is 0 Å². The zero-order valence-corrected chi connectivity index (χ0v) is 15.2. The summed E-state index contributed by atoms with van der Waals surface area (Å²) in [4.78, 5) is 24.5. The zero-order valence-electron chi connectivity index (χ0n) is 15.2. The van der Waals surface area contributed by atoms with E-state index in [0.29, 0.717) is 5.78 Å². The minimum Gasteiger partial charge on any atom is -0.350 e. The van der Waals surface area contributed by atoms with E-state index in [9.17, 15) is 4.79 Å². The van der Waals surface area contributed by atoms with Gasteiger partial charge in [0.25, 0.3) is 5.91 Å². The van der Waals surface area contributed by atoms with Crippen molar-refractivity contribution in [3.05, 3.63) is 66.4 Å². The molecule has 4 aromatic rings. The molecule has 3 aromatic heterocycles. The maximum atomic E-state index is 13.5. The van der Waals surface area contributed by atoms with Gasteiger partial charge in [0.15, 0.2) is 0 Å². The quantitative estimate of drug-likeness (QED) is 0.550. The van der Waals surface area contributed by atoms with E-state index >= 15 is 0 Å². The van der Waals surface area contributed by atoms with Crippen LogP contribution < -0.4 is 0 Å². The highest BCUT2D eigenvalue weighted by Gasteiger charge is 2.31. The van der Waals surface area contributed by atoms with Crippen LogP contribution in [-0.2, 0) is 7.05 Å². The average Bonchev–Trinajstić information content (AvgIpc) is 3.32. The van der Waals surface area contributed by atoms with E-state index in [4.69, 9.17) is 4.98 Å². The number of fused-ring (bicyclic) bond motifs is 2. The predicted octanol–water partition coefficient (Wildman–Crippen LogP) is 3.59. The summed E-state index contributed by atoms with van der Waals surface area (Å²) >= 11 is 0. The Labute approximate surface area is 157 Å². The maximum Gasteiger partial charge on any atom is 0.256 e. The summed E-state index contributed by atoms with van der Waals surface area (Å²) in [5, 5.41) is 1.01. The van der Waals surface area contributed by atoms with Gasteiger partial charge in [-0.25, -0.2) is 9.97 Å². The third-order valence-corrected chi connectivity index (χ3v) is 5.52. The molecule has 1 saturated heterocycles. The smallest absolute Gasteiger partial charge is 0.256 e. The van der Waals surface area contributed by atoms with Crippen LogP contribution in [0.3, 0.4) is 0 Å². The van der Waals surface area contributed by atoms with Gasteiger partial charge in [0.2, 0.25) is 5.78 Å². The molecule has 1 fully saturated rings. The van der Waals surface area contributed by atoms with E-state index in [1.807, 2.05) is 69.8 Å². The van der Waals surface area contributed by atoms with E-state index < -0.39 is 0 Å². The fourth-order valence-electron chi connectivity index (χ4n) is 4.15.